The van der Waals surface area contributed by atoms with Gasteiger partial charge in [0.1, 0.15) is 17.7 Å². The fraction of sp³-hybridized carbons (Fsp3) is 0.444. The number of hydrogen-bond donors (Lipinski definition) is 4. The Bertz CT molecular complexity index is 2780. The number of Topliss-reactive ketones (excluding diaryl/α,β-unsaturated/α-hetero) is 1. The van der Waals surface area contributed by atoms with Gasteiger partial charge in [0.05, 0.1) is 37.7 Å². The number of ketones is 1. The molecular formula is C54H66N10O6. The zero-order valence-corrected chi connectivity index (χ0v) is 41.7. The van der Waals surface area contributed by atoms with Crippen molar-refractivity contribution in [2.24, 2.45) is 17.8 Å². The van der Waals surface area contributed by atoms with Gasteiger partial charge in [0.2, 0.25) is 5.91 Å². The number of carbonyl (C=O) groups excluding carboxylic acids is 4. The van der Waals surface area contributed by atoms with Crippen LogP contribution in [0.25, 0.3) is 51.0 Å². The number of aromatic nitrogens is 7. The van der Waals surface area contributed by atoms with Crippen LogP contribution in [0.2, 0.25) is 0 Å². The van der Waals surface area contributed by atoms with Crippen LogP contribution >= 0.6 is 0 Å². The fourth-order valence-corrected chi connectivity index (χ4v) is 9.95. The molecular weight excluding hydrogens is 885 g/mol. The van der Waals surface area contributed by atoms with E-state index >= 15 is 0 Å². The molecule has 1 unspecified atom stereocenters. The first-order chi connectivity index (χ1) is 33.6. The second kappa shape index (κ2) is 20.9. The number of methoxy groups -OCH3 is 2. The lowest BCUT2D eigenvalue weighted by molar-refractivity contribution is -0.135. The van der Waals surface area contributed by atoms with Crippen molar-refractivity contribution in [3.05, 3.63) is 102 Å². The number of benzene rings is 3. The molecule has 3 aromatic carbocycles. The van der Waals surface area contributed by atoms with Gasteiger partial charge in [-0.3, -0.25) is 19.8 Å². The van der Waals surface area contributed by atoms with Crippen molar-refractivity contribution in [3.63, 3.8) is 0 Å². The van der Waals surface area contributed by atoms with E-state index in [0.29, 0.717) is 29.8 Å². The highest BCUT2D eigenvalue weighted by Gasteiger charge is 2.40. The summed E-state index contributed by atoms with van der Waals surface area (Å²) in [6, 6.07) is 27.8. The maximum Gasteiger partial charge on any atom is 0.407 e. The Hall–Kier alpha value is -7.10. The van der Waals surface area contributed by atoms with Crippen molar-refractivity contribution in [2.75, 3.05) is 20.8 Å². The molecule has 5 atom stereocenters. The second-order valence-corrected chi connectivity index (χ2v) is 20.3. The Morgan fingerprint density at radius 2 is 1.13 bits per heavy atom. The molecule has 70 heavy (non-hydrogen) atoms. The molecule has 6 aromatic rings. The van der Waals surface area contributed by atoms with Gasteiger partial charge in [0.15, 0.2) is 17.4 Å². The monoisotopic (exact) mass is 951 g/mol. The topological polar surface area (TPSA) is 202 Å². The number of likely N-dealkylation sites (tertiary alicyclic amines) is 1. The van der Waals surface area contributed by atoms with Crippen LogP contribution in [0.15, 0.2) is 84.9 Å². The molecule has 3 amide bonds. The van der Waals surface area contributed by atoms with Crippen molar-refractivity contribution in [1.82, 2.24) is 50.5 Å². The third-order valence-electron chi connectivity index (χ3n) is 13.9. The molecule has 2 aliphatic rings. The largest absolute Gasteiger partial charge is 0.453 e. The molecule has 1 aliphatic carbocycles. The van der Waals surface area contributed by atoms with Gasteiger partial charge in [-0.1, -0.05) is 122 Å². The van der Waals surface area contributed by atoms with E-state index in [0.717, 1.165) is 77.9 Å². The van der Waals surface area contributed by atoms with Crippen LogP contribution in [0.1, 0.15) is 116 Å². The van der Waals surface area contributed by atoms with E-state index in [1.165, 1.54) is 19.8 Å². The summed E-state index contributed by atoms with van der Waals surface area (Å²) >= 11 is 0. The summed E-state index contributed by atoms with van der Waals surface area (Å²) in [7, 11) is 2.59. The fourth-order valence-electron chi connectivity index (χ4n) is 9.95. The maximum atomic E-state index is 13.9. The van der Waals surface area contributed by atoms with E-state index in [-0.39, 0.29) is 46.8 Å². The summed E-state index contributed by atoms with van der Waals surface area (Å²) in [6.45, 7) is 14.8. The second-order valence-electron chi connectivity index (χ2n) is 20.3. The summed E-state index contributed by atoms with van der Waals surface area (Å²) in [5, 5.41) is 21.0. The molecule has 0 spiro atoms. The van der Waals surface area contributed by atoms with Crippen molar-refractivity contribution in [3.8, 4) is 51.0 Å². The lowest BCUT2D eigenvalue weighted by Crippen LogP contribution is -2.51. The molecule has 4 N–H and O–H groups in total. The first-order valence-electron chi connectivity index (χ1n) is 24.5. The average molecular weight is 951 g/mol. The van der Waals surface area contributed by atoms with Crippen molar-refractivity contribution >= 4 is 23.9 Å². The van der Waals surface area contributed by atoms with Crippen LogP contribution in [-0.4, -0.2) is 96.6 Å². The average Bonchev–Trinajstić information content (AvgIpc) is 4.22. The molecule has 1 aliphatic heterocycles. The number of nitrogens with one attached hydrogen (secondary N) is 4. The summed E-state index contributed by atoms with van der Waals surface area (Å²) in [5.41, 5.74) is 7.93. The lowest BCUT2D eigenvalue weighted by Gasteiger charge is -2.32. The molecule has 16 nitrogen and oxygen atoms in total. The van der Waals surface area contributed by atoms with E-state index in [1.54, 1.807) is 4.90 Å². The minimum atomic E-state index is -0.726. The molecule has 2 fully saturated rings. The Balaban J connectivity index is 1.05. The molecule has 16 heteroatoms. The molecule has 0 radical (unpaired) electrons. The number of amides is 3. The van der Waals surface area contributed by atoms with E-state index in [9.17, 15) is 19.2 Å². The van der Waals surface area contributed by atoms with Crippen LogP contribution in [-0.2, 0) is 24.5 Å². The first-order valence-corrected chi connectivity index (χ1v) is 24.5. The van der Waals surface area contributed by atoms with Crippen molar-refractivity contribution < 1.29 is 28.7 Å². The molecule has 4 heterocycles. The van der Waals surface area contributed by atoms with Crippen molar-refractivity contribution in [2.45, 2.75) is 116 Å². The quantitative estimate of drug-likeness (QED) is 0.0814. The summed E-state index contributed by atoms with van der Waals surface area (Å²) in [6.07, 6.45) is 3.71. The van der Waals surface area contributed by atoms with E-state index in [2.05, 4.69) is 117 Å². The number of hydrogen-bond acceptors (Lipinski definition) is 10. The molecule has 3 aromatic heterocycles. The van der Waals surface area contributed by atoms with Gasteiger partial charge in [-0.05, 0) is 83.9 Å². The lowest BCUT2D eigenvalue weighted by atomic mass is 9.73. The molecule has 1 saturated heterocycles. The summed E-state index contributed by atoms with van der Waals surface area (Å²) < 4.78 is 11.9. The predicted molar refractivity (Wildman–Crippen MR) is 268 cm³/mol. The van der Waals surface area contributed by atoms with Crippen LogP contribution in [0, 0.1) is 17.8 Å². The Morgan fingerprint density at radius 1 is 0.629 bits per heavy atom. The number of alkyl carbamates (subject to hydrolysis) is 2. The zero-order valence-electron chi connectivity index (χ0n) is 41.7. The minimum absolute atomic E-state index is 0.00177. The number of carbonyl (C=O) groups is 4. The normalized spacial score (nSPS) is 18.2. The SMILES string of the molecule is COC(=O)N[C@H](C(=O)C1CCCC[C@H]1c1nc(-c2ccc(-c3ccc(-c4ccc(-c5n[nH]c([C@@H]6CCCN6C(=O)[C@@H](NC(=O)OC)C(C)C)n5)cc4)n3-c3ccc(C(C)(C)C)cc3)cc2)n[nH]1)C(C)C. The molecule has 368 valence electrons. The first kappa shape index (κ1) is 49.3. The van der Waals surface area contributed by atoms with Gasteiger partial charge in [0, 0.05) is 35.2 Å². The third kappa shape index (κ3) is 10.4. The molecule has 1 saturated carbocycles. The van der Waals surface area contributed by atoms with Crippen LogP contribution in [0.4, 0.5) is 9.59 Å². The van der Waals surface area contributed by atoms with Gasteiger partial charge in [-0.15, -0.1) is 0 Å². The van der Waals surface area contributed by atoms with Crippen LogP contribution in [0.3, 0.4) is 0 Å². The van der Waals surface area contributed by atoms with Gasteiger partial charge in [-0.25, -0.2) is 19.6 Å². The Morgan fingerprint density at radius 3 is 1.66 bits per heavy atom. The number of rotatable bonds is 14. The predicted octanol–water partition coefficient (Wildman–Crippen LogP) is 9.95. The highest BCUT2D eigenvalue weighted by Crippen LogP contribution is 2.40. The smallest absolute Gasteiger partial charge is 0.407 e. The van der Waals surface area contributed by atoms with Crippen LogP contribution in [0.5, 0.6) is 0 Å². The van der Waals surface area contributed by atoms with E-state index < -0.39 is 24.3 Å². The maximum absolute atomic E-state index is 13.9. The number of ether oxygens (including phenoxy) is 2. The minimum Gasteiger partial charge on any atom is -0.453 e. The highest BCUT2D eigenvalue weighted by atomic mass is 16.5. The van der Waals surface area contributed by atoms with Gasteiger partial charge >= 0.3 is 12.2 Å². The Labute approximate surface area is 409 Å². The van der Waals surface area contributed by atoms with Gasteiger partial charge < -0.3 is 29.6 Å². The standard InChI is InChI=1S/C54H66N10O6/c1-31(2)44(55-52(67)69-8)46(65)39-13-10-11-14-40(39)49-57-47(59-61-49)35-20-16-33(17-21-35)41-28-29-42(64(41)38-26-24-37(25-27-38)54(5,6)7)34-18-22-36(23-19-34)48-58-50(62-60-48)43-15-12-30-63(43)51(66)45(32(3)4)56-53(68)70-9/h16-29,31-32,39-40,43-45H,10-15,30H2,1-9H3,(H,55,67)(H,56,68)(H,57,59,61)(H,58,60,62)/t39?,40-,43+,44+,45+/m1/s1. The van der Waals surface area contributed by atoms with Crippen LogP contribution < -0.4 is 10.6 Å². The van der Waals surface area contributed by atoms with Gasteiger partial charge in [-0.2, -0.15) is 10.2 Å². The van der Waals surface area contributed by atoms with E-state index in [1.807, 2.05) is 52.0 Å². The number of nitrogens with zero attached hydrogens (tertiary/aromatic N) is 6. The molecule has 8 rings (SSSR count). The number of aromatic amines is 2. The van der Waals surface area contributed by atoms with Gasteiger partial charge in [0.25, 0.3) is 0 Å². The third-order valence-corrected chi connectivity index (χ3v) is 13.9. The van der Waals surface area contributed by atoms with Crippen molar-refractivity contribution in [1.29, 1.82) is 0 Å². The zero-order chi connectivity index (χ0) is 49.9. The summed E-state index contributed by atoms with van der Waals surface area (Å²) in [5.74, 6) is 1.52. The van der Waals surface area contributed by atoms with E-state index in [4.69, 9.17) is 19.4 Å². The summed E-state index contributed by atoms with van der Waals surface area (Å²) in [4.78, 5) is 63.5. The number of H-pyrrole nitrogens is 2. The highest BCUT2D eigenvalue weighted by molar-refractivity contribution is 5.90. The Kier molecular flexibility index (Phi) is 14.7. The molecule has 0 bridgehead atoms.